The lowest BCUT2D eigenvalue weighted by atomic mass is 10.2. The van der Waals surface area contributed by atoms with E-state index in [1.165, 1.54) is 6.33 Å². The van der Waals surface area contributed by atoms with Crippen LogP contribution in [0.3, 0.4) is 0 Å². The molecular formula is C9H11IN2O2. The molecule has 0 bridgehead atoms. The van der Waals surface area contributed by atoms with Crippen LogP contribution in [0.2, 0.25) is 0 Å². The molecule has 0 aliphatic carbocycles. The van der Waals surface area contributed by atoms with Crippen molar-refractivity contribution in [3.63, 3.8) is 0 Å². The van der Waals surface area contributed by atoms with E-state index in [0.717, 1.165) is 23.0 Å². The molecule has 1 fully saturated rings. The SMILES string of the molecule is Ic1cncnc1OCC1CCCO1. The number of hydrogen-bond acceptors (Lipinski definition) is 4. The van der Waals surface area contributed by atoms with E-state index in [0.29, 0.717) is 12.5 Å². The molecule has 0 N–H and O–H groups in total. The topological polar surface area (TPSA) is 44.2 Å². The van der Waals surface area contributed by atoms with E-state index in [1.807, 2.05) is 0 Å². The summed E-state index contributed by atoms with van der Waals surface area (Å²) in [4.78, 5) is 7.94. The second-order valence-electron chi connectivity index (χ2n) is 3.12. The highest BCUT2D eigenvalue weighted by atomic mass is 127. The number of aromatic nitrogens is 2. The molecular weight excluding hydrogens is 295 g/mol. The molecule has 5 heteroatoms. The van der Waals surface area contributed by atoms with Gasteiger partial charge in [-0.25, -0.2) is 9.97 Å². The molecule has 0 amide bonds. The van der Waals surface area contributed by atoms with Gasteiger partial charge in [0.1, 0.15) is 12.9 Å². The average Bonchev–Trinajstić information content (AvgIpc) is 2.69. The minimum absolute atomic E-state index is 0.237. The molecule has 76 valence electrons. The smallest absolute Gasteiger partial charge is 0.230 e. The van der Waals surface area contributed by atoms with Gasteiger partial charge in [-0.1, -0.05) is 0 Å². The molecule has 1 aliphatic rings. The maximum Gasteiger partial charge on any atom is 0.230 e. The monoisotopic (exact) mass is 306 g/mol. The van der Waals surface area contributed by atoms with Gasteiger partial charge in [0.05, 0.1) is 9.67 Å². The zero-order chi connectivity index (χ0) is 9.80. The van der Waals surface area contributed by atoms with Gasteiger partial charge in [0.2, 0.25) is 5.88 Å². The molecule has 2 rings (SSSR count). The summed E-state index contributed by atoms with van der Waals surface area (Å²) in [6.45, 7) is 1.45. The van der Waals surface area contributed by atoms with E-state index >= 15 is 0 Å². The van der Waals surface area contributed by atoms with Crippen LogP contribution in [-0.2, 0) is 4.74 Å². The van der Waals surface area contributed by atoms with Gasteiger partial charge in [0, 0.05) is 12.8 Å². The fourth-order valence-corrected chi connectivity index (χ4v) is 1.81. The third-order valence-electron chi connectivity index (χ3n) is 2.06. The summed E-state index contributed by atoms with van der Waals surface area (Å²) in [5.74, 6) is 0.649. The van der Waals surface area contributed by atoms with E-state index in [-0.39, 0.29) is 6.10 Å². The Morgan fingerprint density at radius 2 is 2.57 bits per heavy atom. The molecule has 1 aromatic heterocycles. The normalized spacial score (nSPS) is 21.1. The molecule has 0 saturated carbocycles. The van der Waals surface area contributed by atoms with Crippen LogP contribution in [0.15, 0.2) is 12.5 Å². The summed E-state index contributed by atoms with van der Waals surface area (Å²) >= 11 is 2.16. The fraction of sp³-hybridized carbons (Fsp3) is 0.556. The lowest BCUT2D eigenvalue weighted by molar-refractivity contribution is 0.0659. The number of rotatable bonds is 3. The Bertz CT molecular complexity index is 303. The molecule has 1 aliphatic heterocycles. The van der Waals surface area contributed by atoms with E-state index in [4.69, 9.17) is 9.47 Å². The van der Waals surface area contributed by atoms with Crippen molar-refractivity contribution in [1.82, 2.24) is 9.97 Å². The third kappa shape index (κ3) is 2.54. The van der Waals surface area contributed by atoms with Crippen molar-refractivity contribution < 1.29 is 9.47 Å². The lowest BCUT2D eigenvalue weighted by Gasteiger charge is -2.10. The first kappa shape index (κ1) is 10.1. The van der Waals surface area contributed by atoms with Crippen molar-refractivity contribution in [3.05, 3.63) is 16.1 Å². The largest absolute Gasteiger partial charge is 0.474 e. The molecule has 1 unspecified atom stereocenters. The summed E-state index contributed by atoms with van der Waals surface area (Å²) < 4.78 is 11.9. The Kier molecular flexibility index (Phi) is 3.52. The Labute approximate surface area is 96.2 Å². The summed E-state index contributed by atoms with van der Waals surface area (Å²) in [5, 5.41) is 0. The van der Waals surface area contributed by atoms with E-state index in [1.54, 1.807) is 6.20 Å². The summed E-state index contributed by atoms with van der Waals surface area (Å²) in [7, 11) is 0. The van der Waals surface area contributed by atoms with E-state index in [9.17, 15) is 0 Å². The van der Waals surface area contributed by atoms with Crippen molar-refractivity contribution >= 4 is 22.6 Å². The highest BCUT2D eigenvalue weighted by Gasteiger charge is 2.16. The van der Waals surface area contributed by atoms with Gasteiger partial charge in [0.15, 0.2) is 0 Å². The van der Waals surface area contributed by atoms with Crippen LogP contribution in [-0.4, -0.2) is 29.3 Å². The van der Waals surface area contributed by atoms with Crippen LogP contribution in [0.25, 0.3) is 0 Å². The van der Waals surface area contributed by atoms with Crippen LogP contribution in [0, 0.1) is 3.57 Å². The van der Waals surface area contributed by atoms with Crippen LogP contribution in [0.5, 0.6) is 5.88 Å². The van der Waals surface area contributed by atoms with Gasteiger partial charge < -0.3 is 9.47 Å². The molecule has 0 spiro atoms. The Balaban J connectivity index is 1.88. The Morgan fingerprint density at radius 1 is 1.64 bits per heavy atom. The van der Waals surface area contributed by atoms with E-state index < -0.39 is 0 Å². The van der Waals surface area contributed by atoms with Crippen LogP contribution in [0.1, 0.15) is 12.8 Å². The van der Waals surface area contributed by atoms with Gasteiger partial charge in [-0.3, -0.25) is 0 Å². The van der Waals surface area contributed by atoms with Crippen LogP contribution in [0.4, 0.5) is 0 Å². The number of hydrogen-bond donors (Lipinski definition) is 0. The van der Waals surface area contributed by atoms with Gasteiger partial charge in [-0.15, -0.1) is 0 Å². The molecule has 14 heavy (non-hydrogen) atoms. The Morgan fingerprint density at radius 3 is 3.29 bits per heavy atom. The molecule has 1 atom stereocenters. The van der Waals surface area contributed by atoms with Crippen molar-refractivity contribution in [2.45, 2.75) is 18.9 Å². The molecule has 0 radical (unpaired) electrons. The predicted molar refractivity (Wildman–Crippen MR) is 59.2 cm³/mol. The minimum Gasteiger partial charge on any atom is -0.474 e. The first-order valence-electron chi connectivity index (χ1n) is 4.56. The predicted octanol–water partition coefficient (Wildman–Crippen LogP) is 1.64. The fourth-order valence-electron chi connectivity index (χ4n) is 1.36. The van der Waals surface area contributed by atoms with Crippen LogP contribution < -0.4 is 4.74 Å². The highest BCUT2D eigenvalue weighted by Crippen LogP contribution is 2.17. The molecule has 1 aromatic rings. The number of halogens is 1. The van der Waals surface area contributed by atoms with Crippen molar-refractivity contribution in [2.75, 3.05) is 13.2 Å². The van der Waals surface area contributed by atoms with Gasteiger partial charge >= 0.3 is 0 Å². The van der Waals surface area contributed by atoms with Crippen molar-refractivity contribution in [3.8, 4) is 5.88 Å². The molecule has 0 aromatic carbocycles. The number of nitrogens with zero attached hydrogens (tertiary/aromatic N) is 2. The summed E-state index contributed by atoms with van der Waals surface area (Å²) in [5.41, 5.74) is 0. The number of ether oxygens (including phenoxy) is 2. The van der Waals surface area contributed by atoms with Crippen LogP contribution >= 0.6 is 22.6 Å². The second-order valence-corrected chi connectivity index (χ2v) is 4.28. The van der Waals surface area contributed by atoms with Gasteiger partial charge in [0.25, 0.3) is 0 Å². The maximum atomic E-state index is 5.54. The first-order chi connectivity index (χ1) is 6.86. The van der Waals surface area contributed by atoms with Crippen molar-refractivity contribution in [2.24, 2.45) is 0 Å². The minimum atomic E-state index is 0.237. The molecule has 1 saturated heterocycles. The molecule has 4 nitrogen and oxygen atoms in total. The third-order valence-corrected chi connectivity index (χ3v) is 2.80. The lowest BCUT2D eigenvalue weighted by Crippen LogP contribution is -2.17. The maximum absolute atomic E-state index is 5.54. The quantitative estimate of drug-likeness (QED) is 0.796. The summed E-state index contributed by atoms with van der Waals surface area (Å²) in [6.07, 6.45) is 5.68. The molecule has 2 heterocycles. The van der Waals surface area contributed by atoms with Gasteiger partial charge in [-0.05, 0) is 35.4 Å². The van der Waals surface area contributed by atoms with Gasteiger partial charge in [-0.2, -0.15) is 0 Å². The highest BCUT2D eigenvalue weighted by molar-refractivity contribution is 14.1. The second kappa shape index (κ2) is 4.88. The summed E-state index contributed by atoms with van der Waals surface area (Å²) in [6, 6.07) is 0. The zero-order valence-electron chi connectivity index (χ0n) is 7.65. The Hall–Kier alpha value is -0.430. The zero-order valence-corrected chi connectivity index (χ0v) is 9.81. The first-order valence-corrected chi connectivity index (χ1v) is 5.64. The van der Waals surface area contributed by atoms with E-state index in [2.05, 4.69) is 32.6 Å². The average molecular weight is 306 g/mol. The van der Waals surface area contributed by atoms with Crippen molar-refractivity contribution in [1.29, 1.82) is 0 Å². The standard InChI is InChI=1S/C9H11IN2O2/c10-8-4-11-6-12-9(8)14-5-7-2-1-3-13-7/h4,6-7H,1-3,5H2.